The minimum Gasteiger partial charge on any atom is -0.481 e. The molecule has 1 aliphatic rings. The summed E-state index contributed by atoms with van der Waals surface area (Å²) >= 11 is 0. The molecule has 1 N–H and O–H groups in total. The topological polar surface area (TPSA) is 40.5 Å². The largest absolute Gasteiger partial charge is 0.481 e. The highest BCUT2D eigenvalue weighted by Crippen LogP contribution is 2.20. The number of carboxylic acids is 1. The first-order valence-corrected chi connectivity index (χ1v) is 6.77. The summed E-state index contributed by atoms with van der Waals surface area (Å²) in [5.74, 6) is -1.08. The summed E-state index contributed by atoms with van der Waals surface area (Å²) in [5, 5.41) is 8.97. The maximum atomic E-state index is 13.1. The van der Waals surface area contributed by atoms with Crippen molar-refractivity contribution in [1.29, 1.82) is 0 Å². The normalized spacial score (nSPS) is 19.3. The van der Waals surface area contributed by atoms with Gasteiger partial charge in [0, 0.05) is 6.04 Å². The quantitative estimate of drug-likeness (QED) is 0.909. The van der Waals surface area contributed by atoms with Gasteiger partial charge in [-0.25, -0.2) is 4.39 Å². The fourth-order valence-electron chi connectivity index (χ4n) is 2.72. The Hall–Kier alpha value is -1.42. The summed E-state index contributed by atoms with van der Waals surface area (Å²) in [6, 6.07) is 7.00. The maximum Gasteiger partial charge on any atom is 0.306 e. The van der Waals surface area contributed by atoms with Gasteiger partial charge in [0.2, 0.25) is 0 Å². The number of piperidine rings is 1. The fourth-order valence-corrected chi connectivity index (χ4v) is 2.72. The van der Waals surface area contributed by atoms with Crippen LogP contribution >= 0.6 is 0 Å². The highest BCUT2D eigenvalue weighted by atomic mass is 19.1. The van der Waals surface area contributed by atoms with Gasteiger partial charge in [-0.05, 0) is 57.0 Å². The number of benzene rings is 1. The van der Waals surface area contributed by atoms with Crippen molar-refractivity contribution in [3.63, 3.8) is 0 Å². The lowest BCUT2D eigenvalue weighted by atomic mass is 9.95. The van der Waals surface area contributed by atoms with Crippen LogP contribution in [0.25, 0.3) is 0 Å². The van der Waals surface area contributed by atoms with Crippen LogP contribution in [0.1, 0.15) is 25.3 Å². The summed E-state index contributed by atoms with van der Waals surface area (Å²) in [5.41, 5.74) is 0.993. The predicted octanol–water partition coefficient (Wildman–Crippen LogP) is 2.55. The molecule has 0 aromatic heterocycles. The van der Waals surface area contributed by atoms with E-state index >= 15 is 0 Å². The lowest BCUT2D eigenvalue weighted by Crippen LogP contribution is -2.42. The van der Waals surface area contributed by atoms with Crippen LogP contribution < -0.4 is 0 Å². The van der Waals surface area contributed by atoms with Gasteiger partial charge in [0.25, 0.3) is 0 Å². The molecule has 1 atom stereocenters. The SMILES string of the molecule is CC(Cc1cccc(F)c1)N1CCC(C(=O)O)CC1. The standard InChI is InChI=1S/C15H20FNO2/c1-11(9-12-3-2-4-14(16)10-12)17-7-5-13(6-8-17)15(18)19/h2-4,10-11,13H,5-9H2,1H3,(H,18,19). The summed E-state index contributed by atoms with van der Waals surface area (Å²) in [6.07, 6.45) is 2.22. The van der Waals surface area contributed by atoms with Crippen molar-refractivity contribution in [3.05, 3.63) is 35.6 Å². The first-order chi connectivity index (χ1) is 9.06. The second-order valence-corrected chi connectivity index (χ2v) is 5.33. The van der Waals surface area contributed by atoms with Gasteiger partial charge in [-0.2, -0.15) is 0 Å². The van der Waals surface area contributed by atoms with E-state index in [1.165, 1.54) is 6.07 Å². The van der Waals surface area contributed by atoms with Crippen molar-refractivity contribution in [1.82, 2.24) is 4.90 Å². The third kappa shape index (κ3) is 3.77. The molecule has 0 amide bonds. The van der Waals surface area contributed by atoms with Crippen molar-refractivity contribution in [3.8, 4) is 0 Å². The van der Waals surface area contributed by atoms with Crippen LogP contribution in [-0.4, -0.2) is 35.1 Å². The number of rotatable bonds is 4. The minimum atomic E-state index is -0.683. The predicted molar refractivity (Wildman–Crippen MR) is 71.5 cm³/mol. The van der Waals surface area contributed by atoms with Crippen LogP contribution in [-0.2, 0) is 11.2 Å². The molecule has 0 bridgehead atoms. The molecular formula is C15H20FNO2. The minimum absolute atomic E-state index is 0.197. The van der Waals surface area contributed by atoms with Crippen LogP contribution in [0.4, 0.5) is 4.39 Å². The number of hydrogen-bond donors (Lipinski definition) is 1. The Morgan fingerprint density at radius 3 is 2.74 bits per heavy atom. The van der Waals surface area contributed by atoms with Crippen LogP contribution in [0, 0.1) is 11.7 Å². The van der Waals surface area contributed by atoms with Crippen LogP contribution in [0.2, 0.25) is 0 Å². The zero-order valence-corrected chi connectivity index (χ0v) is 11.2. The molecule has 0 saturated carbocycles. The van der Waals surface area contributed by atoms with Gasteiger partial charge in [-0.1, -0.05) is 12.1 Å². The molecule has 4 heteroatoms. The van der Waals surface area contributed by atoms with Gasteiger partial charge >= 0.3 is 5.97 Å². The van der Waals surface area contributed by atoms with Gasteiger partial charge in [0.05, 0.1) is 5.92 Å². The fraction of sp³-hybridized carbons (Fsp3) is 0.533. The van der Waals surface area contributed by atoms with Crippen LogP contribution in [0.15, 0.2) is 24.3 Å². The first-order valence-electron chi connectivity index (χ1n) is 6.77. The van der Waals surface area contributed by atoms with Crippen molar-refractivity contribution in [2.24, 2.45) is 5.92 Å². The number of carboxylic acid groups (broad SMARTS) is 1. The number of hydrogen-bond acceptors (Lipinski definition) is 2. The molecule has 104 valence electrons. The Kier molecular flexibility index (Phi) is 4.53. The second-order valence-electron chi connectivity index (χ2n) is 5.33. The van der Waals surface area contributed by atoms with E-state index < -0.39 is 5.97 Å². The third-order valence-electron chi connectivity index (χ3n) is 3.92. The second kappa shape index (κ2) is 6.15. The molecule has 1 unspecified atom stereocenters. The van der Waals surface area contributed by atoms with E-state index in [-0.39, 0.29) is 11.7 Å². The van der Waals surface area contributed by atoms with Gasteiger partial charge in [0.1, 0.15) is 5.82 Å². The zero-order chi connectivity index (χ0) is 13.8. The molecule has 0 aliphatic carbocycles. The smallest absolute Gasteiger partial charge is 0.306 e. The van der Waals surface area contributed by atoms with E-state index in [1.807, 2.05) is 6.07 Å². The van der Waals surface area contributed by atoms with Crippen molar-refractivity contribution in [2.75, 3.05) is 13.1 Å². The van der Waals surface area contributed by atoms with E-state index in [0.717, 1.165) is 25.1 Å². The Morgan fingerprint density at radius 1 is 1.47 bits per heavy atom. The zero-order valence-electron chi connectivity index (χ0n) is 11.2. The first kappa shape index (κ1) is 14.0. The summed E-state index contributed by atoms with van der Waals surface area (Å²) < 4.78 is 13.1. The van der Waals surface area contributed by atoms with Crippen LogP contribution in [0.3, 0.4) is 0 Å². The molecule has 19 heavy (non-hydrogen) atoms. The van der Waals surface area contributed by atoms with Gasteiger partial charge in [0.15, 0.2) is 0 Å². The Balaban J connectivity index is 1.88. The third-order valence-corrected chi connectivity index (χ3v) is 3.92. The highest BCUT2D eigenvalue weighted by Gasteiger charge is 2.26. The van der Waals surface area contributed by atoms with E-state index in [1.54, 1.807) is 12.1 Å². The molecule has 1 saturated heterocycles. The number of likely N-dealkylation sites (tertiary alicyclic amines) is 1. The van der Waals surface area contributed by atoms with Crippen molar-refractivity contribution in [2.45, 2.75) is 32.2 Å². The molecule has 1 aromatic rings. The molecule has 0 radical (unpaired) electrons. The lowest BCUT2D eigenvalue weighted by molar-refractivity contribution is -0.143. The molecule has 2 rings (SSSR count). The number of nitrogens with zero attached hydrogens (tertiary/aromatic N) is 1. The number of carbonyl (C=O) groups is 1. The van der Waals surface area contributed by atoms with E-state index in [0.29, 0.717) is 18.9 Å². The van der Waals surface area contributed by atoms with E-state index in [4.69, 9.17) is 5.11 Å². The summed E-state index contributed by atoms with van der Waals surface area (Å²) in [7, 11) is 0. The van der Waals surface area contributed by atoms with Crippen molar-refractivity contribution < 1.29 is 14.3 Å². The monoisotopic (exact) mass is 265 g/mol. The summed E-state index contributed by atoms with van der Waals surface area (Å²) in [6.45, 7) is 3.74. The van der Waals surface area contributed by atoms with Gasteiger partial charge in [-0.3, -0.25) is 4.79 Å². The molecule has 1 aromatic carbocycles. The molecule has 1 aliphatic heterocycles. The van der Waals surface area contributed by atoms with Crippen LogP contribution in [0.5, 0.6) is 0 Å². The number of aliphatic carboxylic acids is 1. The molecule has 0 spiro atoms. The molecule has 1 heterocycles. The van der Waals surface area contributed by atoms with Gasteiger partial charge in [-0.15, -0.1) is 0 Å². The van der Waals surface area contributed by atoms with Gasteiger partial charge < -0.3 is 10.0 Å². The number of halogens is 1. The lowest BCUT2D eigenvalue weighted by Gasteiger charge is -2.34. The Bertz CT molecular complexity index is 442. The maximum absolute atomic E-state index is 13.1. The Morgan fingerprint density at radius 2 is 2.16 bits per heavy atom. The molecular weight excluding hydrogens is 245 g/mol. The average Bonchev–Trinajstić information content (AvgIpc) is 2.39. The van der Waals surface area contributed by atoms with E-state index in [9.17, 15) is 9.18 Å². The molecule has 1 fully saturated rings. The average molecular weight is 265 g/mol. The molecule has 3 nitrogen and oxygen atoms in total. The summed E-state index contributed by atoms with van der Waals surface area (Å²) in [4.78, 5) is 13.2. The van der Waals surface area contributed by atoms with E-state index in [2.05, 4.69) is 11.8 Å². The highest BCUT2D eigenvalue weighted by molar-refractivity contribution is 5.70. The Labute approximate surface area is 113 Å². The van der Waals surface area contributed by atoms with Crippen molar-refractivity contribution >= 4 is 5.97 Å².